The first kappa shape index (κ1) is 15.5. The van der Waals surface area contributed by atoms with Crippen LogP contribution >= 0.6 is 0 Å². The number of carbonyl (C=O) groups excluding carboxylic acids is 1. The zero-order valence-corrected chi connectivity index (χ0v) is 13.1. The number of nitrogens with zero attached hydrogens (tertiary/aromatic N) is 2. The van der Waals surface area contributed by atoms with Gasteiger partial charge in [0.25, 0.3) is 11.5 Å². The van der Waals surface area contributed by atoms with Crippen molar-refractivity contribution in [2.24, 2.45) is 7.05 Å². The van der Waals surface area contributed by atoms with Crippen molar-refractivity contribution in [2.75, 3.05) is 26.2 Å². The van der Waals surface area contributed by atoms with Crippen LogP contribution < -0.4 is 16.6 Å². The Kier molecular flexibility index (Phi) is 4.29. The Bertz CT molecular complexity index is 847. The molecule has 0 unspecified atom stereocenters. The maximum atomic E-state index is 12.2. The molecule has 1 aliphatic heterocycles. The van der Waals surface area contributed by atoms with E-state index in [9.17, 15) is 14.4 Å². The minimum absolute atomic E-state index is 0.201. The Morgan fingerprint density at radius 1 is 1.26 bits per heavy atom. The number of amides is 1. The van der Waals surface area contributed by atoms with Gasteiger partial charge in [-0.25, -0.2) is 4.79 Å². The number of aromatic nitrogens is 2. The second-order valence-corrected chi connectivity index (χ2v) is 5.86. The Morgan fingerprint density at radius 3 is 2.74 bits per heavy atom. The van der Waals surface area contributed by atoms with Gasteiger partial charge in [0.15, 0.2) is 0 Å². The van der Waals surface area contributed by atoms with Crippen LogP contribution in [0, 0.1) is 0 Å². The Balaban J connectivity index is 1.74. The minimum atomic E-state index is -0.492. The van der Waals surface area contributed by atoms with Gasteiger partial charge in [0.1, 0.15) is 0 Å². The Labute approximate surface area is 132 Å². The molecule has 0 radical (unpaired) electrons. The average Bonchev–Trinajstić information content (AvgIpc) is 3.05. The highest BCUT2D eigenvalue weighted by Gasteiger charge is 2.12. The van der Waals surface area contributed by atoms with E-state index in [1.165, 1.54) is 19.9 Å². The fourth-order valence-corrected chi connectivity index (χ4v) is 2.88. The lowest BCUT2D eigenvalue weighted by Crippen LogP contribution is -2.34. The fourth-order valence-electron chi connectivity index (χ4n) is 2.88. The van der Waals surface area contributed by atoms with Crippen LogP contribution in [0.5, 0.6) is 0 Å². The van der Waals surface area contributed by atoms with Gasteiger partial charge in [0.2, 0.25) is 0 Å². The second kappa shape index (κ2) is 6.37. The lowest BCUT2D eigenvalue weighted by Gasteiger charge is -2.14. The number of H-pyrrole nitrogens is 1. The molecule has 0 atom stereocenters. The highest BCUT2D eigenvalue weighted by Crippen LogP contribution is 2.09. The standard InChI is InChI=1S/C16H20N4O3/c1-19-15(22)12-5-4-11(10-13(12)18-16(19)23)14(21)17-6-9-20-7-2-3-8-20/h4-5,10H,2-3,6-9H2,1H3,(H,17,21)(H,18,23). The molecule has 122 valence electrons. The summed E-state index contributed by atoms with van der Waals surface area (Å²) in [6.45, 7) is 3.62. The van der Waals surface area contributed by atoms with Crippen LogP contribution in [0.2, 0.25) is 0 Å². The van der Waals surface area contributed by atoms with E-state index in [-0.39, 0.29) is 11.5 Å². The van der Waals surface area contributed by atoms with Crippen LogP contribution in [0.4, 0.5) is 0 Å². The number of aromatic amines is 1. The minimum Gasteiger partial charge on any atom is -0.351 e. The number of rotatable bonds is 4. The van der Waals surface area contributed by atoms with Crippen molar-refractivity contribution in [3.05, 3.63) is 44.6 Å². The quantitative estimate of drug-likeness (QED) is 0.834. The third-order valence-corrected chi connectivity index (χ3v) is 4.28. The number of benzene rings is 1. The van der Waals surface area contributed by atoms with Gasteiger partial charge in [-0.3, -0.25) is 14.2 Å². The molecule has 1 aromatic carbocycles. The van der Waals surface area contributed by atoms with Crippen LogP contribution in [-0.4, -0.2) is 46.5 Å². The molecule has 0 saturated carbocycles. The van der Waals surface area contributed by atoms with Gasteiger partial charge < -0.3 is 15.2 Å². The smallest absolute Gasteiger partial charge is 0.328 e. The lowest BCUT2D eigenvalue weighted by molar-refractivity contribution is 0.0950. The van der Waals surface area contributed by atoms with Gasteiger partial charge >= 0.3 is 5.69 Å². The molecule has 1 fully saturated rings. The van der Waals surface area contributed by atoms with E-state index in [1.54, 1.807) is 18.2 Å². The number of hydrogen-bond acceptors (Lipinski definition) is 4. The zero-order chi connectivity index (χ0) is 16.4. The zero-order valence-electron chi connectivity index (χ0n) is 13.1. The molecule has 2 heterocycles. The second-order valence-electron chi connectivity index (χ2n) is 5.86. The summed E-state index contributed by atoms with van der Waals surface area (Å²) >= 11 is 0. The highest BCUT2D eigenvalue weighted by atomic mass is 16.2. The predicted molar refractivity (Wildman–Crippen MR) is 87.8 cm³/mol. The van der Waals surface area contributed by atoms with E-state index >= 15 is 0 Å². The van der Waals surface area contributed by atoms with E-state index in [0.717, 1.165) is 24.2 Å². The molecule has 23 heavy (non-hydrogen) atoms. The normalized spacial score (nSPS) is 15.2. The van der Waals surface area contributed by atoms with Gasteiger partial charge in [-0.1, -0.05) is 0 Å². The summed E-state index contributed by atoms with van der Waals surface area (Å²) in [5.41, 5.74) is -0.0491. The van der Waals surface area contributed by atoms with Gasteiger partial charge in [0.05, 0.1) is 10.9 Å². The van der Waals surface area contributed by atoms with E-state index < -0.39 is 5.69 Å². The summed E-state index contributed by atoms with van der Waals surface area (Å²) in [5, 5.41) is 3.26. The van der Waals surface area contributed by atoms with E-state index in [2.05, 4.69) is 15.2 Å². The number of nitrogens with one attached hydrogen (secondary N) is 2. The van der Waals surface area contributed by atoms with Crippen LogP contribution in [0.15, 0.2) is 27.8 Å². The summed E-state index contributed by atoms with van der Waals surface area (Å²) in [4.78, 5) is 40.8. The first-order valence-corrected chi connectivity index (χ1v) is 7.80. The number of fused-ring (bicyclic) bond motifs is 1. The van der Waals surface area contributed by atoms with Crippen LogP contribution in [0.1, 0.15) is 23.2 Å². The monoisotopic (exact) mass is 316 g/mol. The molecular formula is C16H20N4O3. The number of hydrogen-bond donors (Lipinski definition) is 2. The molecule has 0 spiro atoms. The number of carbonyl (C=O) groups is 1. The van der Waals surface area contributed by atoms with Crippen molar-refractivity contribution < 1.29 is 4.79 Å². The van der Waals surface area contributed by atoms with Gasteiger partial charge in [-0.2, -0.15) is 0 Å². The molecule has 0 bridgehead atoms. The van der Waals surface area contributed by atoms with E-state index in [0.29, 0.717) is 23.0 Å². The Hall–Kier alpha value is -2.41. The fraction of sp³-hybridized carbons (Fsp3) is 0.438. The number of likely N-dealkylation sites (tertiary alicyclic amines) is 1. The van der Waals surface area contributed by atoms with Crippen LogP contribution in [-0.2, 0) is 7.05 Å². The van der Waals surface area contributed by atoms with Crippen molar-refractivity contribution >= 4 is 16.8 Å². The van der Waals surface area contributed by atoms with Crippen LogP contribution in [0.3, 0.4) is 0 Å². The molecule has 3 rings (SSSR count). The third-order valence-electron chi connectivity index (χ3n) is 4.28. The van der Waals surface area contributed by atoms with Crippen molar-refractivity contribution in [1.82, 2.24) is 19.8 Å². The Morgan fingerprint density at radius 2 is 2.00 bits per heavy atom. The highest BCUT2D eigenvalue weighted by molar-refractivity contribution is 5.97. The van der Waals surface area contributed by atoms with Gasteiger partial charge in [-0.15, -0.1) is 0 Å². The van der Waals surface area contributed by atoms with Crippen molar-refractivity contribution in [2.45, 2.75) is 12.8 Å². The first-order valence-electron chi connectivity index (χ1n) is 7.80. The summed E-state index contributed by atoms with van der Waals surface area (Å²) in [6, 6.07) is 4.72. The summed E-state index contributed by atoms with van der Waals surface area (Å²) in [6.07, 6.45) is 2.45. The average molecular weight is 316 g/mol. The largest absolute Gasteiger partial charge is 0.351 e. The summed E-state index contributed by atoms with van der Waals surface area (Å²) in [5.74, 6) is -0.201. The molecule has 7 nitrogen and oxygen atoms in total. The molecule has 7 heteroatoms. The summed E-state index contributed by atoms with van der Waals surface area (Å²) in [7, 11) is 1.42. The maximum absolute atomic E-state index is 12.2. The van der Waals surface area contributed by atoms with E-state index in [4.69, 9.17) is 0 Å². The predicted octanol–water partition coefficient (Wildman–Crippen LogP) is 0.0524. The molecule has 2 N–H and O–H groups in total. The van der Waals surface area contributed by atoms with E-state index in [1.807, 2.05) is 0 Å². The van der Waals surface area contributed by atoms with Gasteiger partial charge in [0, 0.05) is 25.7 Å². The molecular weight excluding hydrogens is 296 g/mol. The van der Waals surface area contributed by atoms with Crippen molar-refractivity contribution in [3.63, 3.8) is 0 Å². The van der Waals surface area contributed by atoms with Crippen LogP contribution in [0.25, 0.3) is 10.9 Å². The van der Waals surface area contributed by atoms with Crippen molar-refractivity contribution in [1.29, 1.82) is 0 Å². The maximum Gasteiger partial charge on any atom is 0.328 e. The molecule has 1 saturated heterocycles. The third kappa shape index (κ3) is 3.19. The SMILES string of the molecule is Cn1c(=O)[nH]c2cc(C(=O)NCCN3CCCC3)ccc2c1=O. The lowest BCUT2D eigenvalue weighted by atomic mass is 10.1. The molecule has 1 amide bonds. The molecule has 1 aromatic heterocycles. The van der Waals surface area contributed by atoms with Gasteiger partial charge in [-0.05, 0) is 44.1 Å². The molecule has 2 aromatic rings. The topological polar surface area (TPSA) is 87.2 Å². The molecule has 0 aliphatic carbocycles. The first-order chi connectivity index (χ1) is 11.1. The van der Waals surface area contributed by atoms with Crippen molar-refractivity contribution in [3.8, 4) is 0 Å². The molecule has 1 aliphatic rings. The summed E-state index contributed by atoms with van der Waals surface area (Å²) < 4.78 is 1.01.